The summed E-state index contributed by atoms with van der Waals surface area (Å²) >= 11 is 0. The lowest BCUT2D eigenvalue weighted by Crippen LogP contribution is -2.45. The molecule has 1 atom stereocenters. The Morgan fingerprint density at radius 2 is 2.12 bits per heavy atom. The summed E-state index contributed by atoms with van der Waals surface area (Å²) in [5.41, 5.74) is 0. The first-order chi connectivity index (χ1) is 7.56. The molecule has 92 valence electrons. The summed E-state index contributed by atoms with van der Waals surface area (Å²) in [5.74, 6) is -0.380. The number of nitrogens with zero attached hydrogens (tertiary/aromatic N) is 1. The maximum atomic E-state index is 11.6. The van der Waals surface area contributed by atoms with Gasteiger partial charge in [0, 0.05) is 7.05 Å². The molecular formula is C11H20N2O3. The molecule has 0 aromatic rings. The molecule has 1 unspecified atom stereocenters. The minimum absolute atomic E-state index is 0.157. The Morgan fingerprint density at radius 1 is 1.50 bits per heavy atom. The van der Waals surface area contributed by atoms with Gasteiger partial charge in [-0.2, -0.15) is 0 Å². The van der Waals surface area contributed by atoms with E-state index in [-0.39, 0.29) is 12.5 Å². The highest BCUT2D eigenvalue weighted by Crippen LogP contribution is 2.27. The quantitative estimate of drug-likeness (QED) is 0.658. The minimum Gasteiger partial charge on any atom is -0.480 e. The van der Waals surface area contributed by atoms with E-state index >= 15 is 0 Å². The Bertz CT molecular complexity index is 264. The Hall–Kier alpha value is -1.10. The fourth-order valence-corrected chi connectivity index (χ4v) is 1.62. The van der Waals surface area contributed by atoms with Gasteiger partial charge in [0.1, 0.15) is 6.04 Å². The summed E-state index contributed by atoms with van der Waals surface area (Å²) < 4.78 is 0. The van der Waals surface area contributed by atoms with Crippen molar-refractivity contribution in [2.75, 3.05) is 20.1 Å². The van der Waals surface area contributed by atoms with Gasteiger partial charge in [-0.25, -0.2) is 4.79 Å². The second kappa shape index (κ2) is 5.84. The van der Waals surface area contributed by atoms with Crippen LogP contribution in [0.15, 0.2) is 0 Å². The zero-order valence-corrected chi connectivity index (χ0v) is 9.90. The number of aliphatic carboxylic acids is 1. The maximum Gasteiger partial charge on any atom is 0.326 e. The minimum atomic E-state index is -0.944. The number of rotatable bonds is 7. The van der Waals surface area contributed by atoms with Crippen molar-refractivity contribution in [3.8, 4) is 0 Å². The van der Waals surface area contributed by atoms with Gasteiger partial charge in [0.2, 0.25) is 5.91 Å². The van der Waals surface area contributed by atoms with Crippen LogP contribution in [0.2, 0.25) is 0 Å². The fourth-order valence-electron chi connectivity index (χ4n) is 1.62. The van der Waals surface area contributed by atoms with Crippen molar-refractivity contribution in [2.24, 2.45) is 5.92 Å². The number of carbonyl (C=O) groups excluding carboxylic acids is 1. The molecule has 0 heterocycles. The molecular weight excluding hydrogens is 208 g/mol. The van der Waals surface area contributed by atoms with Gasteiger partial charge in [-0.05, 0) is 31.7 Å². The molecule has 1 rings (SSSR count). The molecule has 0 saturated heterocycles. The number of hydrogen-bond acceptors (Lipinski definition) is 3. The third kappa shape index (κ3) is 3.81. The molecule has 1 amide bonds. The number of amides is 1. The number of carboxylic acids is 1. The van der Waals surface area contributed by atoms with E-state index in [1.807, 2.05) is 0 Å². The van der Waals surface area contributed by atoms with E-state index in [9.17, 15) is 9.59 Å². The van der Waals surface area contributed by atoms with E-state index in [0.717, 1.165) is 12.5 Å². The number of nitrogens with one attached hydrogen (secondary N) is 1. The van der Waals surface area contributed by atoms with E-state index < -0.39 is 12.0 Å². The standard InChI is InChI=1S/C11H20N2O3/c1-3-9(11(15)16)13(2)10(14)7-12-6-8-4-5-8/h8-9,12H,3-7H2,1-2H3,(H,15,16). The van der Waals surface area contributed by atoms with Crippen LogP contribution in [0.3, 0.4) is 0 Å². The summed E-state index contributed by atoms with van der Waals surface area (Å²) in [6, 6.07) is -0.713. The van der Waals surface area contributed by atoms with Gasteiger partial charge >= 0.3 is 5.97 Å². The first-order valence-corrected chi connectivity index (χ1v) is 5.75. The summed E-state index contributed by atoms with van der Waals surface area (Å²) in [6.07, 6.45) is 2.91. The largest absolute Gasteiger partial charge is 0.480 e. The zero-order chi connectivity index (χ0) is 12.1. The van der Waals surface area contributed by atoms with Gasteiger partial charge in [0.25, 0.3) is 0 Å². The third-order valence-corrected chi connectivity index (χ3v) is 2.94. The van der Waals surface area contributed by atoms with Crippen molar-refractivity contribution in [1.29, 1.82) is 0 Å². The van der Waals surface area contributed by atoms with E-state index in [0.29, 0.717) is 6.42 Å². The fraction of sp³-hybridized carbons (Fsp3) is 0.818. The van der Waals surface area contributed by atoms with Crippen molar-refractivity contribution in [2.45, 2.75) is 32.2 Å². The van der Waals surface area contributed by atoms with Crippen molar-refractivity contribution in [1.82, 2.24) is 10.2 Å². The Morgan fingerprint density at radius 3 is 2.56 bits per heavy atom. The van der Waals surface area contributed by atoms with Crippen LogP contribution in [0.5, 0.6) is 0 Å². The molecule has 1 fully saturated rings. The molecule has 0 spiro atoms. The first-order valence-electron chi connectivity index (χ1n) is 5.75. The molecule has 5 heteroatoms. The van der Waals surface area contributed by atoms with Gasteiger partial charge < -0.3 is 15.3 Å². The SMILES string of the molecule is CCC(C(=O)O)N(C)C(=O)CNCC1CC1. The monoisotopic (exact) mass is 228 g/mol. The molecule has 1 aliphatic carbocycles. The Balaban J connectivity index is 2.29. The van der Waals surface area contributed by atoms with Crippen molar-refractivity contribution in [3.63, 3.8) is 0 Å². The molecule has 2 N–H and O–H groups in total. The van der Waals surface area contributed by atoms with Crippen LogP contribution in [-0.2, 0) is 9.59 Å². The van der Waals surface area contributed by atoms with Crippen molar-refractivity contribution >= 4 is 11.9 Å². The van der Waals surface area contributed by atoms with Crippen LogP contribution in [0.1, 0.15) is 26.2 Å². The lowest BCUT2D eigenvalue weighted by Gasteiger charge is -2.23. The van der Waals surface area contributed by atoms with Gasteiger partial charge in [0.05, 0.1) is 6.54 Å². The third-order valence-electron chi connectivity index (χ3n) is 2.94. The molecule has 0 bridgehead atoms. The van der Waals surface area contributed by atoms with E-state index in [1.54, 1.807) is 14.0 Å². The number of hydrogen-bond donors (Lipinski definition) is 2. The summed E-state index contributed by atoms with van der Waals surface area (Å²) in [4.78, 5) is 23.8. The van der Waals surface area contributed by atoms with Gasteiger partial charge in [-0.3, -0.25) is 4.79 Å². The number of carboxylic acid groups (broad SMARTS) is 1. The van der Waals surface area contributed by atoms with Crippen molar-refractivity contribution < 1.29 is 14.7 Å². The maximum absolute atomic E-state index is 11.6. The van der Waals surface area contributed by atoms with E-state index in [1.165, 1.54) is 17.7 Å². The molecule has 0 aromatic heterocycles. The average molecular weight is 228 g/mol. The lowest BCUT2D eigenvalue weighted by molar-refractivity contribution is -0.148. The van der Waals surface area contributed by atoms with Crippen LogP contribution in [0, 0.1) is 5.92 Å². The zero-order valence-electron chi connectivity index (χ0n) is 9.90. The summed E-state index contributed by atoms with van der Waals surface area (Å²) in [6.45, 7) is 2.86. The second-order valence-corrected chi connectivity index (χ2v) is 4.34. The van der Waals surface area contributed by atoms with E-state index in [2.05, 4.69) is 5.32 Å². The summed E-state index contributed by atoms with van der Waals surface area (Å²) in [5, 5.41) is 12.0. The molecule has 16 heavy (non-hydrogen) atoms. The second-order valence-electron chi connectivity index (χ2n) is 4.34. The molecule has 1 aliphatic rings. The molecule has 0 aliphatic heterocycles. The van der Waals surface area contributed by atoms with Crippen LogP contribution >= 0.6 is 0 Å². The molecule has 1 saturated carbocycles. The average Bonchev–Trinajstić information content (AvgIpc) is 3.01. The Labute approximate surface area is 95.8 Å². The topological polar surface area (TPSA) is 69.6 Å². The highest BCUT2D eigenvalue weighted by Gasteiger charge is 2.25. The lowest BCUT2D eigenvalue weighted by atomic mass is 10.2. The Kier molecular flexibility index (Phi) is 4.73. The van der Waals surface area contributed by atoms with Crippen LogP contribution in [0.25, 0.3) is 0 Å². The first kappa shape index (κ1) is 13.0. The normalized spacial score (nSPS) is 16.9. The number of carbonyl (C=O) groups is 2. The van der Waals surface area contributed by atoms with Crippen LogP contribution < -0.4 is 5.32 Å². The molecule has 0 aromatic carbocycles. The number of likely N-dealkylation sites (N-methyl/N-ethyl adjacent to an activating group) is 1. The van der Waals surface area contributed by atoms with Gasteiger partial charge in [-0.15, -0.1) is 0 Å². The highest BCUT2D eigenvalue weighted by molar-refractivity contribution is 5.84. The molecule has 5 nitrogen and oxygen atoms in total. The predicted molar refractivity (Wildman–Crippen MR) is 60.1 cm³/mol. The van der Waals surface area contributed by atoms with Crippen LogP contribution in [0.4, 0.5) is 0 Å². The van der Waals surface area contributed by atoms with Gasteiger partial charge in [-0.1, -0.05) is 6.92 Å². The van der Waals surface area contributed by atoms with Gasteiger partial charge in [0.15, 0.2) is 0 Å². The van der Waals surface area contributed by atoms with E-state index in [4.69, 9.17) is 5.11 Å². The highest BCUT2D eigenvalue weighted by atomic mass is 16.4. The molecule has 0 radical (unpaired) electrons. The van der Waals surface area contributed by atoms with Crippen molar-refractivity contribution in [3.05, 3.63) is 0 Å². The smallest absolute Gasteiger partial charge is 0.326 e. The predicted octanol–water partition coefficient (Wildman–Crippen LogP) is 0.308. The van der Waals surface area contributed by atoms with Crippen LogP contribution in [-0.4, -0.2) is 48.1 Å². The summed E-state index contributed by atoms with van der Waals surface area (Å²) in [7, 11) is 1.55.